The number of aromatic nitrogens is 2. The van der Waals surface area contributed by atoms with Gasteiger partial charge < -0.3 is 4.98 Å². The molecule has 1 aromatic carbocycles. The number of nitrogens with zero attached hydrogens (tertiary/aromatic N) is 1. The molecule has 5 heteroatoms. The topological polar surface area (TPSA) is 20.7 Å². The highest BCUT2D eigenvalue weighted by Gasteiger charge is 2.14. The van der Waals surface area contributed by atoms with E-state index in [1.165, 1.54) is 6.07 Å². The molecule has 0 amide bonds. The molecule has 0 unspecified atom stereocenters. The maximum Gasteiger partial charge on any atom is 0.182 e. The van der Waals surface area contributed by atoms with Gasteiger partial charge in [-0.2, -0.15) is 0 Å². The molecule has 0 aliphatic rings. The van der Waals surface area contributed by atoms with Crippen molar-refractivity contribution in [3.05, 3.63) is 45.7 Å². The second-order valence-corrected chi connectivity index (χ2v) is 4.88. The molecule has 0 saturated carbocycles. The summed E-state index contributed by atoms with van der Waals surface area (Å²) in [6, 6.07) is 4.89. The predicted octanol–water partition coefficient (Wildman–Crippen LogP) is 4.45. The number of benzene rings is 1. The zero-order valence-electron chi connectivity index (χ0n) is 9.50. The fraction of sp³-hybridized carbons (Fsp3) is 0.250. The predicted molar refractivity (Wildman–Crippen MR) is 70.0 cm³/mol. The van der Waals surface area contributed by atoms with Gasteiger partial charge in [0.15, 0.2) is 10.6 Å². The first-order chi connectivity index (χ1) is 8.02. The Hall–Kier alpha value is -1.13. The summed E-state index contributed by atoms with van der Waals surface area (Å²) in [5, 5.41) is 0.0975. The van der Waals surface area contributed by atoms with Crippen LogP contribution in [-0.2, 0) is 0 Å². The summed E-state index contributed by atoms with van der Waals surface area (Å²) in [6.07, 6.45) is 1.80. The highest BCUT2D eigenvalue weighted by Crippen LogP contribution is 2.25. The summed E-state index contributed by atoms with van der Waals surface area (Å²) in [5.41, 5.74) is 1.31. The van der Waals surface area contributed by atoms with E-state index in [2.05, 4.69) is 4.98 Å². The van der Waals surface area contributed by atoms with Crippen LogP contribution < -0.4 is 0 Å². The van der Waals surface area contributed by atoms with E-state index in [0.717, 1.165) is 5.69 Å². The lowest BCUT2D eigenvalue weighted by molar-refractivity contribution is 0.613. The zero-order chi connectivity index (χ0) is 12.6. The maximum absolute atomic E-state index is 14.0. The van der Waals surface area contributed by atoms with Gasteiger partial charge >= 0.3 is 0 Å². The first-order valence-electron chi connectivity index (χ1n) is 5.27. The van der Waals surface area contributed by atoms with Crippen LogP contribution in [0.15, 0.2) is 24.4 Å². The largest absolute Gasteiger partial charge is 0.337 e. The van der Waals surface area contributed by atoms with Crippen molar-refractivity contribution in [2.75, 3.05) is 0 Å². The molecular formula is C12H12ClFN2S. The van der Waals surface area contributed by atoms with Crippen LogP contribution in [0.3, 0.4) is 0 Å². The molecule has 0 aliphatic heterocycles. The summed E-state index contributed by atoms with van der Waals surface area (Å²) < 4.78 is 16.1. The van der Waals surface area contributed by atoms with Crippen LogP contribution in [0.4, 0.5) is 4.39 Å². The first-order valence-corrected chi connectivity index (χ1v) is 6.05. The summed E-state index contributed by atoms with van der Waals surface area (Å²) in [5.74, 6) is -0.215. The lowest BCUT2D eigenvalue weighted by Crippen LogP contribution is -2.04. The zero-order valence-corrected chi connectivity index (χ0v) is 11.1. The van der Waals surface area contributed by atoms with Gasteiger partial charge in [-0.05, 0) is 30.3 Å². The van der Waals surface area contributed by atoms with E-state index in [0.29, 0.717) is 10.5 Å². The van der Waals surface area contributed by atoms with E-state index in [1.807, 2.05) is 13.8 Å². The summed E-state index contributed by atoms with van der Waals surface area (Å²) in [6.45, 7) is 4.05. The molecule has 2 nitrogen and oxygen atoms in total. The quantitative estimate of drug-likeness (QED) is 0.800. The Bertz CT molecular complexity index is 601. The number of imidazole rings is 1. The SMILES string of the molecule is CC(C)c1c[nH]c(=S)n1-c1cccc(Cl)c1F. The Kier molecular flexibility index (Phi) is 3.35. The van der Waals surface area contributed by atoms with E-state index < -0.39 is 5.82 Å². The third kappa shape index (κ3) is 2.15. The van der Waals surface area contributed by atoms with Gasteiger partial charge in [-0.1, -0.05) is 31.5 Å². The van der Waals surface area contributed by atoms with E-state index >= 15 is 0 Å². The van der Waals surface area contributed by atoms with E-state index in [9.17, 15) is 4.39 Å². The van der Waals surface area contributed by atoms with Crippen LogP contribution in [0.25, 0.3) is 5.69 Å². The van der Waals surface area contributed by atoms with Crippen LogP contribution in [0.2, 0.25) is 5.02 Å². The van der Waals surface area contributed by atoms with Crippen molar-refractivity contribution in [1.82, 2.24) is 9.55 Å². The monoisotopic (exact) mass is 270 g/mol. The highest BCUT2D eigenvalue weighted by atomic mass is 35.5. The molecule has 17 heavy (non-hydrogen) atoms. The molecule has 0 spiro atoms. The van der Waals surface area contributed by atoms with Gasteiger partial charge in [-0.25, -0.2) is 4.39 Å². The number of nitrogens with one attached hydrogen (secondary N) is 1. The third-order valence-corrected chi connectivity index (χ3v) is 3.16. The number of halogens is 2. The van der Waals surface area contributed by atoms with Gasteiger partial charge in [0, 0.05) is 11.9 Å². The molecular weight excluding hydrogens is 259 g/mol. The van der Waals surface area contributed by atoms with Gasteiger partial charge in [-0.3, -0.25) is 4.57 Å². The molecule has 90 valence electrons. The fourth-order valence-corrected chi connectivity index (χ4v) is 2.15. The molecule has 0 saturated heterocycles. The van der Waals surface area contributed by atoms with Crippen LogP contribution in [-0.4, -0.2) is 9.55 Å². The number of rotatable bonds is 2. The van der Waals surface area contributed by atoms with Crippen LogP contribution in [0.1, 0.15) is 25.5 Å². The lowest BCUT2D eigenvalue weighted by atomic mass is 10.1. The van der Waals surface area contributed by atoms with Crippen molar-refractivity contribution < 1.29 is 4.39 Å². The van der Waals surface area contributed by atoms with Crippen molar-refractivity contribution in [1.29, 1.82) is 0 Å². The van der Waals surface area contributed by atoms with E-state index in [1.54, 1.807) is 22.9 Å². The van der Waals surface area contributed by atoms with Crippen molar-refractivity contribution in [3.63, 3.8) is 0 Å². The maximum atomic E-state index is 14.0. The normalized spacial score (nSPS) is 11.1. The number of aromatic amines is 1. The minimum atomic E-state index is -0.452. The van der Waals surface area contributed by atoms with Crippen molar-refractivity contribution in [2.45, 2.75) is 19.8 Å². The van der Waals surface area contributed by atoms with Crippen LogP contribution in [0.5, 0.6) is 0 Å². The Balaban J connectivity index is 2.72. The fourth-order valence-electron chi connectivity index (χ4n) is 1.72. The molecule has 0 bridgehead atoms. The Morgan fingerprint density at radius 3 is 2.76 bits per heavy atom. The second-order valence-electron chi connectivity index (χ2n) is 4.08. The summed E-state index contributed by atoms with van der Waals surface area (Å²) >= 11 is 11.0. The smallest absolute Gasteiger partial charge is 0.182 e. The summed E-state index contributed by atoms with van der Waals surface area (Å²) in [7, 11) is 0. The Labute approximate surface area is 109 Å². The Morgan fingerprint density at radius 2 is 2.12 bits per heavy atom. The molecule has 0 aliphatic carbocycles. The number of H-pyrrole nitrogens is 1. The van der Waals surface area contributed by atoms with Gasteiger partial charge in [0.2, 0.25) is 0 Å². The number of hydrogen-bond donors (Lipinski definition) is 1. The third-order valence-electron chi connectivity index (χ3n) is 2.57. The molecule has 2 aromatic rings. The van der Waals surface area contributed by atoms with Gasteiger partial charge in [-0.15, -0.1) is 0 Å². The van der Waals surface area contributed by atoms with Crippen molar-refractivity contribution in [3.8, 4) is 5.69 Å². The Morgan fingerprint density at radius 1 is 1.41 bits per heavy atom. The minimum absolute atomic E-state index is 0.0975. The second kappa shape index (κ2) is 4.63. The highest BCUT2D eigenvalue weighted by molar-refractivity contribution is 7.71. The van der Waals surface area contributed by atoms with Gasteiger partial charge in [0.1, 0.15) is 0 Å². The molecule has 0 atom stereocenters. The molecule has 0 radical (unpaired) electrons. The molecule has 1 aromatic heterocycles. The standard InChI is InChI=1S/C12H12ClFN2S/c1-7(2)10-6-15-12(17)16(10)9-5-3-4-8(13)11(9)14/h3-7H,1-2H3,(H,15,17). The van der Waals surface area contributed by atoms with Crippen LogP contribution in [0, 0.1) is 10.6 Å². The van der Waals surface area contributed by atoms with E-state index in [-0.39, 0.29) is 10.9 Å². The van der Waals surface area contributed by atoms with Crippen molar-refractivity contribution >= 4 is 23.8 Å². The van der Waals surface area contributed by atoms with Gasteiger partial charge in [0.25, 0.3) is 0 Å². The van der Waals surface area contributed by atoms with Crippen molar-refractivity contribution in [2.24, 2.45) is 0 Å². The van der Waals surface area contributed by atoms with Gasteiger partial charge in [0.05, 0.1) is 10.7 Å². The minimum Gasteiger partial charge on any atom is -0.337 e. The first kappa shape index (κ1) is 12.3. The van der Waals surface area contributed by atoms with E-state index in [4.69, 9.17) is 23.8 Å². The van der Waals surface area contributed by atoms with Crippen LogP contribution >= 0.6 is 23.8 Å². The number of hydrogen-bond acceptors (Lipinski definition) is 1. The summed E-state index contributed by atoms with van der Waals surface area (Å²) in [4.78, 5) is 2.93. The average molecular weight is 271 g/mol. The molecule has 1 N–H and O–H groups in total. The molecule has 1 heterocycles. The molecule has 2 rings (SSSR count). The molecule has 0 fully saturated rings. The lowest BCUT2D eigenvalue weighted by Gasteiger charge is -2.12. The average Bonchev–Trinajstić information content (AvgIpc) is 2.65.